The first-order chi connectivity index (χ1) is 8.97. The molecule has 1 aliphatic rings. The molecule has 1 aromatic rings. The predicted molar refractivity (Wildman–Crippen MR) is 70.4 cm³/mol. The minimum atomic E-state index is -0.986. The first kappa shape index (κ1) is 14.0. The van der Waals surface area contributed by atoms with Crippen molar-refractivity contribution in [2.45, 2.75) is 23.7 Å². The average Bonchev–Trinajstić information content (AvgIpc) is 2.66. The monoisotopic (exact) mass is 329 g/mol. The van der Waals surface area contributed by atoms with Gasteiger partial charge in [-0.05, 0) is 17.7 Å². The van der Waals surface area contributed by atoms with Gasteiger partial charge in [0.25, 0.3) is 0 Å². The zero-order valence-electron chi connectivity index (χ0n) is 10.1. The molecule has 0 saturated carbocycles. The maximum atomic E-state index is 12.9. The first-order valence-electron chi connectivity index (χ1n) is 5.88. The van der Waals surface area contributed by atoms with Gasteiger partial charge in [0.2, 0.25) is 5.91 Å². The van der Waals surface area contributed by atoms with Crippen molar-refractivity contribution in [2.75, 3.05) is 6.54 Å². The summed E-state index contributed by atoms with van der Waals surface area (Å²) in [5, 5.41) is 8.99. The van der Waals surface area contributed by atoms with E-state index in [1.165, 1.54) is 24.3 Å². The number of hydrogen-bond donors (Lipinski definition) is 1. The van der Waals surface area contributed by atoms with E-state index in [4.69, 9.17) is 5.11 Å². The number of rotatable bonds is 4. The molecule has 0 bridgehead atoms. The van der Waals surface area contributed by atoms with Crippen LogP contribution < -0.4 is 0 Å². The Labute approximate surface area is 118 Å². The Morgan fingerprint density at radius 3 is 2.58 bits per heavy atom. The second kappa shape index (κ2) is 5.69. The number of carboxylic acids is 1. The number of halogens is 2. The molecule has 6 heteroatoms. The Hall–Kier alpha value is -1.43. The van der Waals surface area contributed by atoms with Crippen molar-refractivity contribution in [3.8, 4) is 0 Å². The first-order valence-corrected chi connectivity index (χ1v) is 6.79. The number of carbonyl (C=O) groups excluding carboxylic acids is 1. The molecule has 2 unspecified atom stereocenters. The van der Waals surface area contributed by atoms with Crippen LogP contribution in [0.4, 0.5) is 4.39 Å². The van der Waals surface area contributed by atoms with Gasteiger partial charge in [-0.1, -0.05) is 28.1 Å². The fourth-order valence-electron chi connectivity index (χ4n) is 2.25. The number of alkyl halides is 1. The van der Waals surface area contributed by atoms with Crippen molar-refractivity contribution in [1.82, 2.24) is 4.90 Å². The van der Waals surface area contributed by atoms with Gasteiger partial charge in [-0.3, -0.25) is 9.59 Å². The van der Waals surface area contributed by atoms with Crippen LogP contribution in [0, 0.1) is 5.82 Å². The molecule has 0 spiro atoms. The van der Waals surface area contributed by atoms with Crippen molar-refractivity contribution >= 4 is 27.8 Å². The number of hydrogen-bond acceptors (Lipinski definition) is 2. The summed E-state index contributed by atoms with van der Waals surface area (Å²) in [7, 11) is 0. The number of carboxylic acid groups (broad SMARTS) is 1. The highest BCUT2D eigenvalue weighted by Gasteiger charge is 2.34. The summed E-state index contributed by atoms with van der Waals surface area (Å²) in [6, 6.07) is 5.05. The van der Waals surface area contributed by atoms with Gasteiger partial charge in [0, 0.05) is 17.8 Å². The van der Waals surface area contributed by atoms with E-state index in [2.05, 4.69) is 15.9 Å². The molecule has 0 aliphatic carbocycles. The van der Waals surface area contributed by atoms with E-state index in [1.54, 1.807) is 4.90 Å². The molecular formula is C13H13BrFNO3. The van der Waals surface area contributed by atoms with Crippen LogP contribution in [-0.2, 0) is 9.59 Å². The van der Waals surface area contributed by atoms with Crippen molar-refractivity contribution in [2.24, 2.45) is 0 Å². The topological polar surface area (TPSA) is 57.6 Å². The maximum Gasteiger partial charge on any atom is 0.305 e. The van der Waals surface area contributed by atoms with Crippen molar-refractivity contribution in [3.63, 3.8) is 0 Å². The largest absolute Gasteiger partial charge is 0.481 e. The van der Waals surface area contributed by atoms with Gasteiger partial charge < -0.3 is 10.0 Å². The highest BCUT2D eigenvalue weighted by Crippen LogP contribution is 2.31. The molecule has 1 fully saturated rings. The summed E-state index contributed by atoms with van der Waals surface area (Å²) in [6.45, 7) is 0.466. The number of aliphatic carboxylic acids is 1. The third kappa shape index (κ3) is 3.32. The van der Waals surface area contributed by atoms with E-state index in [1.807, 2.05) is 0 Å². The van der Waals surface area contributed by atoms with Crippen LogP contribution in [0.2, 0.25) is 0 Å². The predicted octanol–water partition coefficient (Wildman–Crippen LogP) is 2.34. The van der Waals surface area contributed by atoms with E-state index < -0.39 is 12.0 Å². The van der Waals surface area contributed by atoms with E-state index in [0.717, 1.165) is 0 Å². The summed E-state index contributed by atoms with van der Waals surface area (Å²) in [5.41, 5.74) is 0.638. The van der Waals surface area contributed by atoms with Crippen molar-refractivity contribution in [3.05, 3.63) is 35.6 Å². The molecule has 1 amide bonds. The highest BCUT2D eigenvalue weighted by atomic mass is 79.9. The second-order valence-electron chi connectivity index (χ2n) is 4.51. The lowest BCUT2D eigenvalue weighted by Gasteiger charge is -2.27. The van der Waals surface area contributed by atoms with Crippen LogP contribution in [0.3, 0.4) is 0 Å². The minimum absolute atomic E-state index is 0.0387. The number of amides is 1. The fourth-order valence-corrected chi connectivity index (χ4v) is 2.83. The van der Waals surface area contributed by atoms with Gasteiger partial charge in [-0.2, -0.15) is 0 Å². The number of benzene rings is 1. The van der Waals surface area contributed by atoms with E-state index in [0.29, 0.717) is 18.5 Å². The van der Waals surface area contributed by atoms with Crippen LogP contribution in [0.5, 0.6) is 0 Å². The third-order valence-electron chi connectivity index (χ3n) is 3.11. The zero-order chi connectivity index (χ0) is 14.0. The standard InChI is InChI=1S/C13H13BrFNO3/c14-9-5-12(17)16(7-9)11(6-13(18)19)8-1-3-10(15)4-2-8/h1-4,9,11H,5-7H2,(H,18,19). The lowest BCUT2D eigenvalue weighted by atomic mass is 10.0. The van der Waals surface area contributed by atoms with Crippen LogP contribution >= 0.6 is 15.9 Å². The second-order valence-corrected chi connectivity index (χ2v) is 5.81. The highest BCUT2D eigenvalue weighted by molar-refractivity contribution is 9.09. The fraction of sp³-hybridized carbons (Fsp3) is 0.385. The zero-order valence-corrected chi connectivity index (χ0v) is 11.6. The molecular weight excluding hydrogens is 317 g/mol. The molecule has 1 aromatic carbocycles. The molecule has 0 radical (unpaired) electrons. The molecule has 4 nitrogen and oxygen atoms in total. The van der Waals surface area contributed by atoms with E-state index >= 15 is 0 Å². The molecule has 1 saturated heterocycles. The normalized spacial score (nSPS) is 20.6. The van der Waals surface area contributed by atoms with Gasteiger partial charge in [0.1, 0.15) is 5.82 Å². The van der Waals surface area contributed by atoms with E-state index in [9.17, 15) is 14.0 Å². The van der Waals surface area contributed by atoms with Gasteiger partial charge in [0.05, 0.1) is 12.5 Å². The van der Waals surface area contributed by atoms with Crippen molar-refractivity contribution < 1.29 is 19.1 Å². The Balaban J connectivity index is 2.28. The van der Waals surface area contributed by atoms with Crippen molar-refractivity contribution in [1.29, 1.82) is 0 Å². The molecule has 102 valence electrons. The summed E-state index contributed by atoms with van der Waals surface area (Å²) in [4.78, 5) is 24.4. The summed E-state index contributed by atoms with van der Waals surface area (Å²) in [6.07, 6.45) is 0.175. The average molecular weight is 330 g/mol. The lowest BCUT2D eigenvalue weighted by molar-refractivity contribution is -0.139. The van der Waals surface area contributed by atoms with Crippen LogP contribution in [0.15, 0.2) is 24.3 Å². The Bertz CT molecular complexity index is 491. The van der Waals surface area contributed by atoms with Gasteiger partial charge in [-0.15, -0.1) is 0 Å². The van der Waals surface area contributed by atoms with Gasteiger partial charge in [-0.25, -0.2) is 4.39 Å². The molecule has 1 aliphatic heterocycles. The van der Waals surface area contributed by atoms with E-state index in [-0.39, 0.29) is 23.0 Å². The minimum Gasteiger partial charge on any atom is -0.481 e. The van der Waals surface area contributed by atoms with Gasteiger partial charge >= 0.3 is 5.97 Å². The van der Waals surface area contributed by atoms with Crippen LogP contribution in [0.1, 0.15) is 24.4 Å². The quantitative estimate of drug-likeness (QED) is 0.862. The Morgan fingerprint density at radius 1 is 1.47 bits per heavy atom. The smallest absolute Gasteiger partial charge is 0.305 e. The number of carbonyl (C=O) groups is 2. The molecule has 2 atom stereocenters. The molecule has 1 N–H and O–H groups in total. The lowest BCUT2D eigenvalue weighted by Crippen LogP contribution is -2.32. The molecule has 0 aromatic heterocycles. The van der Waals surface area contributed by atoms with Crippen LogP contribution in [-0.4, -0.2) is 33.3 Å². The molecule has 19 heavy (non-hydrogen) atoms. The Morgan fingerprint density at radius 2 is 2.11 bits per heavy atom. The summed E-state index contributed by atoms with van der Waals surface area (Å²) in [5.74, 6) is -1.46. The molecule has 2 rings (SSSR count). The number of nitrogens with zero attached hydrogens (tertiary/aromatic N) is 1. The summed E-state index contributed by atoms with van der Waals surface area (Å²) >= 11 is 3.37. The van der Waals surface area contributed by atoms with Gasteiger partial charge in [0.15, 0.2) is 0 Å². The van der Waals surface area contributed by atoms with Crippen LogP contribution in [0.25, 0.3) is 0 Å². The number of likely N-dealkylation sites (tertiary alicyclic amines) is 1. The third-order valence-corrected chi connectivity index (χ3v) is 3.72. The SMILES string of the molecule is O=C(O)CC(c1ccc(F)cc1)N1CC(Br)CC1=O. The summed E-state index contributed by atoms with van der Waals surface area (Å²) < 4.78 is 12.9. The molecule has 1 heterocycles. The maximum absolute atomic E-state index is 12.9. The Kier molecular flexibility index (Phi) is 4.19.